The summed E-state index contributed by atoms with van der Waals surface area (Å²) in [5.41, 5.74) is 1.18. The second kappa shape index (κ2) is 7.54. The number of esters is 1. The van der Waals surface area contributed by atoms with Gasteiger partial charge in [0.05, 0.1) is 13.0 Å². The van der Waals surface area contributed by atoms with E-state index in [0.29, 0.717) is 22.2 Å². The van der Waals surface area contributed by atoms with Crippen LogP contribution in [0.3, 0.4) is 0 Å². The van der Waals surface area contributed by atoms with Crippen molar-refractivity contribution in [2.75, 3.05) is 12.5 Å². The lowest BCUT2D eigenvalue weighted by atomic mass is 10.00. The molecule has 3 nitrogen and oxygen atoms in total. The Morgan fingerprint density at radius 1 is 1.39 bits per heavy atom. The van der Waals surface area contributed by atoms with E-state index in [4.69, 9.17) is 16.3 Å². The van der Waals surface area contributed by atoms with Crippen LogP contribution in [0.4, 0.5) is 0 Å². The predicted molar refractivity (Wildman–Crippen MR) is 74.1 cm³/mol. The number of hydrogen-bond donors (Lipinski definition) is 0. The minimum Gasteiger partial charge on any atom is -0.466 e. The highest BCUT2D eigenvalue weighted by Crippen LogP contribution is 2.23. The van der Waals surface area contributed by atoms with Crippen LogP contribution in [0.25, 0.3) is 0 Å². The summed E-state index contributed by atoms with van der Waals surface area (Å²) in [5.74, 6) is -0.147. The molecule has 0 saturated carbocycles. The number of halogens is 2. The van der Waals surface area contributed by atoms with Crippen LogP contribution in [0.15, 0.2) is 22.7 Å². The molecule has 0 bridgehead atoms. The lowest BCUT2D eigenvalue weighted by Crippen LogP contribution is -2.12. The van der Waals surface area contributed by atoms with Crippen LogP contribution in [0.2, 0.25) is 0 Å². The summed E-state index contributed by atoms with van der Waals surface area (Å²) >= 11 is 8.91. The normalized spacial score (nSPS) is 10.2. The van der Waals surface area contributed by atoms with Gasteiger partial charge >= 0.3 is 5.97 Å². The molecule has 0 aromatic heterocycles. The van der Waals surface area contributed by atoms with Gasteiger partial charge in [0.15, 0.2) is 5.78 Å². The highest BCUT2D eigenvalue weighted by atomic mass is 79.9. The van der Waals surface area contributed by atoms with Crippen molar-refractivity contribution in [3.8, 4) is 0 Å². The molecule has 0 N–H and O–H groups in total. The zero-order valence-electron chi connectivity index (χ0n) is 10.0. The third-order valence-electron chi connectivity index (χ3n) is 2.34. The molecule has 1 aromatic carbocycles. The molecule has 0 atom stereocenters. The summed E-state index contributed by atoms with van der Waals surface area (Å²) in [6.07, 6.45) is 0.344. The zero-order valence-corrected chi connectivity index (χ0v) is 12.4. The Morgan fingerprint density at radius 2 is 2.11 bits per heavy atom. The van der Waals surface area contributed by atoms with Crippen molar-refractivity contribution in [1.82, 2.24) is 0 Å². The fraction of sp³-hybridized carbons (Fsp3) is 0.385. The maximum absolute atomic E-state index is 12.0. The summed E-state index contributed by atoms with van der Waals surface area (Å²) in [7, 11) is 0. The molecule has 0 amide bonds. The highest BCUT2D eigenvalue weighted by molar-refractivity contribution is 9.10. The van der Waals surface area contributed by atoms with E-state index < -0.39 is 0 Å². The summed E-state index contributed by atoms with van der Waals surface area (Å²) in [6, 6.07) is 5.31. The molecule has 0 fully saturated rings. The maximum atomic E-state index is 12.0. The third-order valence-corrected chi connectivity index (χ3v) is 3.19. The van der Waals surface area contributed by atoms with Gasteiger partial charge in [-0.2, -0.15) is 0 Å². The SMILES string of the molecule is CCOC(=O)Cc1cccc(Br)c1C(=O)CCCl. The average Bonchev–Trinajstić information content (AvgIpc) is 2.29. The first-order chi connectivity index (χ1) is 8.60. The molecule has 0 heterocycles. The minimum atomic E-state index is -0.337. The lowest BCUT2D eigenvalue weighted by Gasteiger charge is -2.09. The van der Waals surface area contributed by atoms with E-state index in [0.717, 1.165) is 0 Å². The van der Waals surface area contributed by atoms with Crippen molar-refractivity contribution in [2.45, 2.75) is 19.8 Å². The van der Waals surface area contributed by atoms with Crippen LogP contribution in [-0.2, 0) is 16.0 Å². The van der Waals surface area contributed by atoms with Crippen molar-refractivity contribution >= 4 is 39.3 Å². The van der Waals surface area contributed by atoms with Crippen molar-refractivity contribution < 1.29 is 14.3 Å². The van der Waals surface area contributed by atoms with Gasteiger partial charge in [-0.1, -0.05) is 28.1 Å². The second-order valence-corrected chi connectivity index (χ2v) is 4.85. The first-order valence-corrected chi connectivity index (χ1v) is 6.95. The maximum Gasteiger partial charge on any atom is 0.310 e. The number of alkyl halides is 1. The standard InChI is InChI=1S/C13H14BrClO3/c1-2-18-12(17)8-9-4-3-5-10(14)13(9)11(16)6-7-15/h3-5H,2,6-8H2,1H3. The largest absolute Gasteiger partial charge is 0.466 e. The first kappa shape index (κ1) is 15.2. The lowest BCUT2D eigenvalue weighted by molar-refractivity contribution is -0.142. The minimum absolute atomic E-state index is 0.0724. The molecule has 0 unspecified atom stereocenters. The summed E-state index contributed by atoms with van der Waals surface area (Å²) < 4.78 is 5.57. The van der Waals surface area contributed by atoms with E-state index in [-0.39, 0.29) is 30.5 Å². The van der Waals surface area contributed by atoms with Gasteiger partial charge in [-0.05, 0) is 18.6 Å². The Labute approximate surface area is 120 Å². The molecule has 0 aliphatic heterocycles. The average molecular weight is 334 g/mol. The van der Waals surface area contributed by atoms with Crippen LogP contribution in [-0.4, -0.2) is 24.2 Å². The van der Waals surface area contributed by atoms with Crippen molar-refractivity contribution in [2.24, 2.45) is 0 Å². The molecule has 98 valence electrons. The Bertz CT molecular complexity index is 446. The molecule has 0 spiro atoms. The van der Waals surface area contributed by atoms with E-state index in [1.807, 2.05) is 0 Å². The van der Waals surface area contributed by atoms with Crippen LogP contribution in [0.5, 0.6) is 0 Å². The molecule has 0 saturated heterocycles. The van der Waals surface area contributed by atoms with Crippen molar-refractivity contribution in [3.05, 3.63) is 33.8 Å². The number of ether oxygens (including phenoxy) is 1. The molecule has 1 rings (SSSR count). The van der Waals surface area contributed by atoms with E-state index in [1.165, 1.54) is 0 Å². The molecule has 5 heteroatoms. The van der Waals surface area contributed by atoms with Crippen LogP contribution in [0.1, 0.15) is 29.3 Å². The number of carbonyl (C=O) groups is 2. The quantitative estimate of drug-likeness (QED) is 0.455. The number of rotatable bonds is 6. The summed E-state index contributed by atoms with van der Waals surface area (Å²) in [6.45, 7) is 2.08. The van der Waals surface area contributed by atoms with Crippen LogP contribution < -0.4 is 0 Å². The number of carbonyl (C=O) groups excluding carboxylic acids is 2. The van der Waals surface area contributed by atoms with Gasteiger partial charge in [0.1, 0.15) is 0 Å². The monoisotopic (exact) mass is 332 g/mol. The van der Waals surface area contributed by atoms with Gasteiger partial charge in [-0.25, -0.2) is 0 Å². The van der Waals surface area contributed by atoms with Gasteiger partial charge in [0.2, 0.25) is 0 Å². The molecule has 0 radical (unpaired) electrons. The van der Waals surface area contributed by atoms with Crippen LogP contribution in [0, 0.1) is 0 Å². The van der Waals surface area contributed by atoms with Crippen molar-refractivity contribution in [3.63, 3.8) is 0 Å². The predicted octanol–water partition coefficient (Wildman–Crippen LogP) is 3.37. The Balaban J connectivity index is 3.00. The molecular weight excluding hydrogens is 319 g/mol. The van der Waals surface area contributed by atoms with Gasteiger partial charge in [-0.3, -0.25) is 9.59 Å². The fourth-order valence-electron chi connectivity index (χ4n) is 1.61. The highest BCUT2D eigenvalue weighted by Gasteiger charge is 2.17. The molecule has 1 aromatic rings. The van der Waals surface area contributed by atoms with E-state index in [2.05, 4.69) is 15.9 Å². The van der Waals surface area contributed by atoms with Gasteiger partial charge in [0.25, 0.3) is 0 Å². The number of hydrogen-bond acceptors (Lipinski definition) is 3. The molecule has 18 heavy (non-hydrogen) atoms. The second-order valence-electron chi connectivity index (χ2n) is 3.62. The third kappa shape index (κ3) is 4.10. The smallest absolute Gasteiger partial charge is 0.310 e. The van der Waals surface area contributed by atoms with E-state index >= 15 is 0 Å². The van der Waals surface area contributed by atoms with Gasteiger partial charge in [-0.15, -0.1) is 11.6 Å². The Morgan fingerprint density at radius 3 is 2.72 bits per heavy atom. The van der Waals surface area contributed by atoms with E-state index in [1.54, 1.807) is 25.1 Å². The van der Waals surface area contributed by atoms with E-state index in [9.17, 15) is 9.59 Å². The Hall–Kier alpha value is -0.870. The summed E-state index contributed by atoms with van der Waals surface area (Å²) in [4.78, 5) is 23.4. The fourth-order valence-corrected chi connectivity index (χ4v) is 2.41. The Kier molecular flexibility index (Phi) is 6.36. The molecule has 0 aliphatic carbocycles. The number of ketones is 1. The number of Topliss-reactive ketones (excluding diaryl/α,β-unsaturated/α-hetero) is 1. The van der Waals surface area contributed by atoms with Crippen LogP contribution >= 0.6 is 27.5 Å². The molecule has 0 aliphatic rings. The zero-order chi connectivity index (χ0) is 13.5. The molecular formula is C13H14BrClO3. The van der Waals surface area contributed by atoms with Gasteiger partial charge < -0.3 is 4.74 Å². The summed E-state index contributed by atoms with van der Waals surface area (Å²) in [5, 5.41) is 0. The van der Waals surface area contributed by atoms with Crippen molar-refractivity contribution in [1.29, 1.82) is 0 Å². The number of benzene rings is 1. The van der Waals surface area contributed by atoms with Gasteiger partial charge in [0, 0.05) is 22.3 Å². The first-order valence-electron chi connectivity index (χ1n) is 5.62. The topological polar surface area (TPSA) is 43.4 Å².